The molecule has 3 fully saturated rings. The fourth-order valence-corrected chi connectivity index (χ4v) is 6.31. The molecule has 2 saturated heterocycles. The van der Waals surface area contributed by atoms with Gasteiger partial charge in [0.1, 0.15) is 10.9 Å². The van der Waals surface area contributed by atoms with Crippen molar-refractivity contribution in [3.8, 4) is 0 Å². The van der Waals surface area contributed by atoms with Crippen LogP contribution in [0.1, 0.15) is 50.5 Å². The number of nitrogens with zero attached hydrogens (tertiary/aromatic N) is 1. The van der Waals surface area contributed by atoms with E-state index in [9.17, 15) is 9.59 Å². The number of carbonyl (C=O) groups is 2. The van der Waals surface area contributed by atoms with Crippen LogP contribution in [-0.4, -0.2) is 34.6 Å². The first-order valence-corrected chi connectivity index (χ1v) is 10.9. The van der Waals surface area contributed by atoms with Crippen LogP contribution in [0.4, 0.5) is 0 Å². The smallest absolute Gasteiger partial charge is 0.243 e. The van der Waals surface area contributed by atoms with Crippen LogP contribution in [0.3, 0.4) is 0 Å². The summed E-state index contributed by atoms with van der Waals surface area (Å²) in [5, 5.41) is 3.22. The summed E-state index contributed by atoms with van der Waals surface area (Å²) in [6.07, 6.45) is 7.09. The van der Waals surface area contributed by atoms with Crippen LogP contribution in [0.5, 0.6) is 0 Å². The lowest BCUT2D eigenvalue weighted by Gasteiger charge is -2.34. The Balaban J connectivity index is 1.56. The second kappa shape index (κ2) is 6.95. The molecule has 6 heteroatoms. The average molecular weight is 423 g/mol. The van der Waals surface area contributed by atoms with Crippen molar-refractivity contribution in [2.75, 3.05) is 5.75 Å². The van der Waals surface area contributed by atoms with Gasteiger partial charge in [0.2, 0.25) is 11.8 Å². The molecule has 3 aliphatic rings. The lowest BCUT2D eigenvalue weighted by molar-refractivity contribution is -0.138. The maximum atomic E-state index is 12.9. The van der Waals surface area contributed by atoms with Crippen molar-refractivity contribution in [3.63, 3.8) is 0 Å². The normalized spacial score (nSPS) is 29.7. The van der Waals surface area contributed by atoms with Crippen molar-refractivity contribution >= 4 is 39.5 Å². The Morgan fingerprint density at radius 2 is 1.92 bits per heavy atom. The van der Waals surface area contributed by atoms with Gasteiger partial charge in [-0.15, -0.1) is 11.8 Å². The van der Waals surface area contributed by atoms with Crippen LogP contribution in [0.15, 0.2) is 28.7 Å². The Bertz CT molecular complexity index is 675. The summed E-state index contributed by atoms with van der Waals surface area (Å²) in [6, 6.07) is 8.12. The quantitative estimate of drug-likeness (QED) is 0.805. The lowest BCUT2D eigenvalue weighted by Crippen LogP contribution is -2.52. The number of fused-ring (bicyclic) bond motifs is 1. The molecular weight excluding hydrogens is 400 g/mol. The number of hydrogen-bond acceptors (Lipinski definition) is 3. The van der Waals surface area contributed by atoms with Gasteiger partial charge in [0, 0.05) is 22.7 Å². The third-order valence-corrected chi connectivity index (χ3v) is 7.80. The second-order valence-corrected chi connectivity index (χ2v) is 9.44. The highest BCUT2D eigenvalue weighted by Crippen LogP contribution is 2.54. The second-order valence-electron chi connectivity index (χ2n) is 7.23. The van der Waals surface area contributed by atoms with Crippen molar-refractivity contribution in [2.45, 2.75) is 61.9 Å². The number of carbonyl (C=O) groups excluding carboxylic acids is 2. The van der Waals surface area contributed by atoms with Gasteiger partial charge in [-0.3, -0.25) is 9.59 Å². The van der Waals surface area contributed by atoms with Crippen LogP contribution in [0.25, 0.3) is 0 Å². The number of amides is 2. The van der Waals surface area contributed by atoms with E-state index >= 15 is 0 Å². The van der Waals surface area contributed by atoms with Crippen LogP contribution < -0.4 is 5.32 Å². The first-order chi connectivity index (χ1) is 12.1. The largest absolute Gasteiger partial charge is 0.352 e. The van der Waals surface area contributed by atoms with Crippen molar-refractivity contribution < 1.29 is 9.59 Å². The molecule has 0 radical (unpaired) electrons. The van der Waals surface area contributed by atoms with Gasteiger partial charge >= 0.3 is 0 Å². The predicted octanol–water partition coefficient (Wildman–Crippen LogP) is 3.79. The van der Waals surface area contributed by atoms with Gasteiger partial charge in [-0.1, -0.05) is 47.3 Å². The minimum Gasteiger partial charge on any atom is -0.352 e. The van der Waals surface area contributed by atoms with E-state index in [4.69, 9.17) is 0 Å². The Labute approximate surface area is 161 Å². The van der Waals surface area contributed by atoms with E-state index in [1.807, 2.05) is 17.0 Å². The highest BCUT2D eigenvalue weighted by atomic mass is 79.9. The Morgan fingerprint density at radius 1 is 1.20 bits per heavy atom. The van der Waals surface area contributed by atoms with Gasteiger partial charge in [-0.05, 0) is 37.0 Å². The summed E-state index contributed by atoms with van der Waals surface area (Å²) < 4.78 is 1.03. The number of thioether (sulfide) groups is 1. The first kappa shape index (κ1) is 17.4. The molecule has 2 heterocycles. The molecule has 1 aromatic rings. The molecule has 2 atom stereocenters. The fourth-order valence-electron chi connectivity index (χ4n) is 4.39. The number of hydrogen-bond donors (Lipinski definition) is 1. The molecule has 1 aromatic carbocycles. The van der Waals surface area contributed by atoms with Crippen molar-refractivity contribution in [1.82, 2.24) is 10.2 Å². The summed E-state index contributed by atoms with van der Waals surface area (Å²) >= 11 is 5.23. The van der Waals surface area contributed by atoms with Gasteiger partial charge in [-0.25, -0.2) is 0 Å². The molecule has 25 heavy (non-hydrogen) atoms. The Kier molecular flexibility index (Phi) is 4.84. The molecule has 0 unspecified atom stereocenters. The standard InChI is InChI=1S/C19H23BrN2O2S/c20-14-8-6-13(7-9-14)19-11-10-17(23)22(19)16(12-25-19)18(24)21-15-4-2-1-3-5-15/h6-9,15-16H,1-5,10-12H2,(H,21,24)/t16-,19-/m1/s1. The van der Waals surface area contributed by atoms with Crippen molar-refractivity contribution in [1.29, 1.82) is 0 Å². The third kappa shape index (κ3) is 3.12. The van der Waals surface area contributed by atoms with E-state index in [-0.39, 0.29) is 28.8 Å². The lowest BCUT2D eigenvalue weighted by atomic mass is 9.95. The topological polar surface area (TPSA) is 49.4 Å². The summed E-state index contributed by atoms with van der Waals surface area (Å²) in [6.45, 7) is 0. The van der Waals surface area contributed by atoms with E-state index in [1.54, 1.807) is 11.8 Å². The molecule has 2 aliphatic heterocycles. The molecule has 1 saturated carbocycles. The third-order valence-electron chi connectivity index (χ3n) is 5.68. The molecule has 2 amide bonds. The van der Waals surface area contributed by atoms with Crippen molar-refractivity contribution in [2.24, 2.45) is 0 Å². The molecule has 4 rings (SSSR count). The molecule has 4 nitrogen and oxygen atoms in total. The molecule has 1 N–H and O–H groups in total. The highest BCUT2D eigenvalue weighted by molar-refractivity contribution is 9.10. The maximum absolute atomic E-state index is 12.9. The summed E-state index contributed by atoms with van der Waals surface area (Å²) in [7, 11) is 0. The molecule has 0 aromatic heterocycles. The Hall–Kier alpha value is -1.01. The van der Waals surface area contributed by atoms with Crippen LogP contribution in [-0.2, 0) is 14.5 Å². The van der Waals surface area contributed by atoms with E-state index in [2.05, 4.69) is 33.4 Å². The van der Waals surface area contributed by atoms with Gasteiger partial charge in [-0.2, -0.15) is 0 Å². The SMILES string of the molecule is O=C(NC1CCCCC1)[C@H]1CS[C@@]2(c3ccc(Br)cc3)CCC(=O)N12. The fraction of sp³-hybridized carbons (Fsp3) is 0.579. The highest BCUT2D eigenvalue weighted by Gasteiger charge is 2.56. The predicted molar refractivity (Wildman–Crippen MR) is 103 cm³/mol. The molecule has 0 bridgehead atoms. The minimum absolute atomic E-state index is 0.0358. The van der Waals surface area contributed by atoms with E-state index < -0.39 is 0 Å². The zero-order valence-electron chi connectivity index (χ0n) is 14.2. The molecule has 1 aliphatic carbocycles. The van der Waals surface area contributed by atoms with E-state index in [0.717, 1.165) is 29.3 Å². The minimum atomic E-state index is -0.369. The monoisotopic (exact) mass is 422 g/mol. The molecule has 134 valence electrons. The first-order valence-electron chi connectivity index (χ1n) is 9.13. The van der Waals surface area contributed by atoms with Gasteiger partial charge < -0.3 is 10.2 Å². The molecule has 0 spiro atoms. The molecular formula is C19H23BrN2O2S. The zero-order valence-corrected chi connectivity index (χ0v) is 16.6. The van der Waals surface area contributed by atoms with E-state index in [1.165, 1.54) is 19.3 Å². The Morgan fingerprint density at radius 3 is 2.64 bits per heavy atom. The van der Waals surface area contributed by atoms with Gasteiger partial charge in [0.15, 0.2) is 0 Å². The van der Waals surface area contributed by atoms with Crippen LogP contribution in [0.2, 0.25) is 0 Å². The summed E-state index contributed by atoms with van der Waals surface area (Å²) in [5.41, 5.74) is 1.12. The number of halogens is 1. The summed E-state index contributed by atoms with van der Waals surface area (Å²) in [5.74, 6) is 0.825. The maximum Gasteiger partial charge on any atom is 0.243 e. The van der Waals surface area contributed by atoms with Crippen LogP contribution >= 0.6 is 27.7 Å². The number of benzene rings is 1. The van der Waals surface area contributed by atoms with Crippen molar-refractivity contribution in [3.05, 3.63) is 34.3 Å². The van der Waals surface area contributed by atoms with E-state index in [0.29, 0.717) is 12.2 Å². The van der Waals surface area contributed by atoms with Gasteiger partial charge in [0.25, 0.3) is 0 Å². The number of nitrogens with one attached hydrogen (secondary N) is 1. The number of rotatable bonds is 3. The van der Waals surface area contributed by atoms with Crippen LogP contribution in [0, 0.1) is 0 Å². The average Bonchev–Trinajstić information content (AvgIpc) is 3.16. The summed E-state index contributed by atoms with van der Waals surface area (Å²) in [4.78, 5) is 27.0. The zero-order chi connectivity index (χ0) is 17.4. The van der Waals surface area contributed by atoms with Gasteiger partial charge in [0.05, 0.1) is 0 Å².